The van der Waals surface area contributed by atoms with E-state index in [1.54, 1.807) is 17.6 Å². The highest BCUT2D eigenvalue weighted by Gasteiger charge is 2.16. The molecular weight excluding hydrogens is 330 g/mol. The molecule has 3 rings (SSSR count). The number of thiophene rings is 1. The lowest BCUT2D eigenvalue weighted by atomic mass is 10.2. The Balaban J connectivity index is 1.70. The molecule has 0 saturated carbocycles. The Hall–Kier alpha value is -1.86. The second-order valence-corrected chi connectivity index (χ2v) is 7.20. The van der Waals surface area contributed by atoms with Crippen LogP contribution in [0.1, 0.15) is 27.2 Å². The summed E-state index contributed by atoms with van der Waals surface area (Å²) in [6.07, 6.45) is 2.60. The number of furan rings is 1. The fourth-order valence-corrected chi connectivity index (χ4v) is 3.98. The lowest BCUT2D eigenvalue weighted by molar-refractivity contribution is 0.102. The van der Waals surface area contributed by atoms with Gasteiger partial charge in [0.15, 0.2) is 16.8 Å². The minimum Gasteiger partial charge on any atom is -0.469 e. The molecule has 0 amide bonds. The van der Waals surface area contributed by atoms with Crippen molar-refractivity contribution in [2.24, 2.45) is 7.05 Å². The van der Waals surface area contributed by atoms with Crippen LogP contribution in [0.4, 0.5) is 0 Å². The average Bonchev–Trinajstić information content (AvgIpc) is 3.25. The first kappa shape index (κ1) is 16.0. The van der Waals surface area contributed by atoms with Crippen LogP contribution in [0.25, 0.3) is 11.4 Å². The largest absolute Gasteiger partial charge is 0.469 e. The molecule has 0 unspecified atom stereocenters. The van der Waals surface area contributed by atoms with E-state index in [1.165, 1.54) is 16.6 Å². The van der Waals surface area contributed by atoms with E-state index in [2.05, 4.69) is 17.1 Å². The number of carbonyl (C=O) groups is 1. The Morgan fingerprint density at radius 1 is 1.35 bits per heavy atom. The first-order valence-corrected chi connectivity index (χ1v) is 9.09. The van der Waals surface area contributed by atoms with Crippen molar-refractivity contribution in [1.29, 1.82) is 0 Å². The Kier molecular flexibility index (Phi) is 4.68. The van der Waals surface area contributed by atoms with Gasteiger partial charge in [0.2, 0.25) is 0 Å². The summed E-state index contributed by atoms with van der Waals surface area (Å²) in [6.45, 7) is 3.98. The summed E-state index contributed by atoms with van der Waals surface area (Å²) in [4.78, 5) is 14.3. The Morgan fingerprint density at radius 2 is 2.17 bits per heavy atom. The summed E-state index contributed by atoms with van der Waals surface area (Å²) >= 11 is 2.97. The van der Waals surface area contributed by atoms with Gasteiger partial charge in [0.05, 0.1) is 22.5 Å². The Morgan fingerprint density at radius 3 is 2.83 bits per heavy atom. The first-order chi connectivity index (χ1) is 11.1. The van der Waals surface area contributed by atoms with Gasteiger partial charge in [0, 0.05) is 11.9 Å². The molecule has 0 spiro atoms. The highest BCUT2D eigenvalue weighted by molar-refractivity contribution is 7.99. The third-order valence-corrected chi connectivity index (χ3v) is 5.84. The molecule has 3 aromatic heterocycles. The minimum atomic E-state index is 0.128. The average molecular weight is 347 g/mol. The molecule has 0 N–H and O–H groups in total. The smallest absolute Gasteiger partial charge is 0.191 e. The van der Waals surface area contributed by atoms with E-state index in [0.717, 1.165) is 33.6 Å². The van der Waals surface area contributed by atoms with Crippen LogP contribution >= 0.6 is 23.1 Å². The van der Waals surface area contributed by atoms with Crippen LogP contribution in [0.3, 0.4) is 0 Å². The third-order valence-electron chi connectivity index (χ3n) is 3.55. The summed E-state index contributed by atoms with van der Waals surface area (Å²) in [5.74, 6) is 2.04. The molecule has 3 aromatic rings. The van der Waals surface area contributed by atoms with Gasteiger partial charge in [-0.1, -0.05) is 18.7 Å². The van der Waals surface area contributed by atoms with Crippen LogP contribution in [0.2, 0.25) is 0 Å². The van der Waals surface area contributed by atoms with E-state index in [4.69, 9.17) is 4.42 Å². The number of thioether (sulfide) groups is 1. The predicted octanol–water partition coefficient (Wildman–Crippen LogP) is 3.98. The maximum atomic E-state index is 12.3. The van der Waals surface area contributed by atoms with Crippen molar-refractivity contribution >= 4 is 28.9 Å². The van der Waals surface area contributed by atoms with Gasteiger partial charge in [-0.15, -0.1) is 21.5 Å². The molecule has 0 radical (unpaired) electrons. The van der Waals surface area contributed by atoms with Gasteiger partial charge in [0.1, 0.15) is 5.76 Å². The zero-order valence-corrected chi connectivity index (χ0v) is 14.8. The second-order valence-electron chi connectivity index (χ2n) is 5.09. The summed E-state index contributed by atoms with van der Waals surface area (Å²) in [7, 11) is 1.90. The fourth-order valence-electron chi connectivity index (χ4n) is 2.21. The fraction of sp³-hybridized carbons (Fsp3) is 0.312. The number of nitrogens with zero attached hydrogens (tertiary/aromatic N) is 3. The number of aryl methyl sites for hydroxylation is 2. The number of rotatable bonds is 6. The number of carbonyl (C=O) groups excluding carboxylic acids is 1. The van der Waals surface area contributed by atoms with Crippen molar-refractivity contribution in [2.45, 2.75) is 25.4 Å². The number of hydrogen-bond donors (Lipinski definition) is 0. The van der Waals surface area contributed by atoms with Crippen molar-refractivity contribution in [2.75, 3.05) is 5.75 Å². The van der Waals surface area contributed by atoms with E-state index >= 15 is 0 Å². The number of aromatic nitrogens is 3. The van der Waals surface area contributed by atoms with Gasteiger partial charge in [-0.3, -0.25) is 4.79 Å². The van der Waals surface area contributed by atoms with E-state index in [-0.39, 0.29) is 5.78 Å². The third kappa shape index (κ3) is 3.25. The molecule has 0 atom stereocenters. The number of Topliss-reactive ketones (excluding diaryl/α,β-unsaturated/α-hetero) is 1. The highest BCUT2D eigenvalue weighted by atomic mass is 32.2. The molecule has 3 heterocycles. The van der Waals surface area contributed by atoms with Crippen molar-refractivity contribution in [3.63, 3.8) is 0 Å². The van der Waals surface area contributed by atoms with Crippen molar-refractivity contribution in [3.8, 4) is 11.4 Å². The lowest BCUT2D eigenvalue weighted by Crippen LogP contribution is -2.02. The molecule has 23 heavy (non-hydrogen) atoms. The van der Waals surface area contributed by atoms with Crippen LogP contribution in [0.5, 0.6) is 0 Å². The van der Waals surface area contributed by atoms with E-state index in [0.29, 0.717) is 5.75 Å². The van der Waals surface area contributed by atoms with Gasteiger partial charge in [-0.05, 0) is 31.5 Å². The van der Waals surface area contributed by atoms with Crippen LogP contribution in [0, 0.1) is 6.92 Å². The lowest BCUT2D eigenvalue weighted by Gasteiger charge is -2.02. The van der Waals surface area contributed by atoms with E-state index in [9.17, 15) is 4.79 Å². The van der Waals surface area contributed by atoms with Crippen LogP contribution in [-0.4, -0.2) is 26.3 Å². The highest BCUT2D eigenvalue weighted by Crippen LogP contribution is 2.27. The summed E-state index contributed by atoms with van der Waals surface area (Å²) in [5, 5.41) is 9.12. The SMILES string of the molecule is CCc1ccc(C(=O)CSc2nnc(-c3ccoc3C)n2C)s1. The van der Waals surface area contributed by atoms with Crippen LogP contribution < -0.4 is 0 Å². The first-order valence-electron chi connectivity index (χ1n) is 7.28. The number of ketones is 1. The maximum absolute atomic E-state index is 12.3. The monoisotopic (exact) mass is 347 g/mol. The van der Waals surface area contributed by atoms with Crippen molar-refractivity contribution in [1.82, 2.24) is 14.8 Å². The molecule has 0 fully saturated rings. The van der Waals surface area contributed by atoms with Crippen LogP contribution in [-0.2, 0) is 13.5 Å². The summed E-state index contributed by atoms with van der Waals surface area (Å²) < 4.78 is 7.20. The maximum Gasteiger partial charge on any atom is 0.191 e. The topological polar surface area (TPSA) is 60.9 Å². The van der Waals surface area contributed by atoms with Gasteiger partial charge in [0.25, 0.3) is 0 Å². The summed E-state index contributed by atoms with van der Waals surface area (Å²) in [5.41, 5.74) is 0.920. The molecule has 0 bridgehead atoms. The molecule has 5 nitrogen and oxygen atoms in total. The van der Waals surface area contributed by atoms with E-state index in [1.807, 2.05) is 36.7 Å². The summed E-state index contributed by atoms with van der Waals surface area (Å²) in [6, 6.07) is 5.80. The van der Waals surface area contributed by atoms with Gasteiger partial charge < -0.3 is 8.98 Å². The number of hydrogen-bond acceptors (Lipinski definition) is 6. The Bertz CT molecular complexity index is 832. The zero-order valence-electron chi connectivity index (χ0n) is 13.2. The molecule has 0 aliphatic carbocycles. The molecule has 0 aromatic carbocycles. The Labute approximate surface area is 142 Å². The van der Waals surface area contributed by atoms with Gasteiger partial charge in [-0.2, -0.15) is 0 Å². The van der Waals surface area contributed by atoms with Crippen LogP contribution in [0.15, 0.2) is 34.0 Å². The molecular formula is C16H17N3O2S2. The van der Waals surface area contributed by atoms with E-state index < -0.39 is 0 Å². The molecule has 0 aliphatic heterocycles. The van der Waals surface area contributed by atoms with Crippen molar-refractivity contribution in [3.05, 3.63) is 40.0 Å². The normalized spacial score (nSPS) is 11.1. The standard InChI is InChI=1S/C16H17N3O2S2/c1-4-11-5-6-14(23-11)13(20)9-22-16-18-17-15(19(16)3)12-7-8-21-10(12)2/h5-8H,4,9H2,1-3H3. The second kappa shape index (κ2) is 6.72. The van der Waals surface area contributed by atoms with Gasteiger partial charge >= 0.3 is 0 Å². The van der Waals surface area contributed by atoms with Crippen molar-refractivity contribution < 1.29 is 9.21 Å². The van der Waals surface area contributed by atoms with Gasteiger partial charge in [-0.25, -0.2) is 0 Å². The quantitative estimate of drug-likeness (QED) is 0.498. The molecule has 0 aliphatic rings. The minimum absolute atomic E-state index is 0.128. The zero-order chi connectivity index (χ0) is 16.4. The molecule has 120 valence electrons. The molecule has 0 saturated heterocycles. The molecule has 7 heteroatoms. The predicted molar refractivity (Wildman–Crippen MR) is 92.2 cm³/mol.